The zero-order valence-corrected chi connectivity index (χ0v) is 10.5. The lowest BCUT2D eigenvalue weighted by molar-refractivity contribution is 0.151. The topological polar surface area (TPSA) is 24.1 Å². The zero-order valence-electron chi connectivity index (χ0n) is 9.72. The maximum atomic E-state index is 5.85. The lowest BCUT2D eigenvalue weighted by atomic mass is 9.68. The highest BCUT2D eigenvalue weighted by Crippen LogP contribution is 2.40. The Labute approximate surface area is 102 Å². The number of nitrogens with one attached hydrogen (secondary N) is 2. The molecule has 0 aliphatic heterocycles. The third-order valence-electron chi connectivity index (χ3n) is 3.48. The Morgan fingerprint density at radius 3 is 2.38 bits per heavy atom. The van der Waals surface area contributed by atoms with Crippen LogP contribution in [0.2, 0.25) is 5.02 Å². The van der Waals surface area contributed by atoms with Gasteiger partial charge >= 0.3 is 0 Å². The fraction of sp³-hybridized carbons (Fsp3) is 0.538. The quantitative estimate of drug-likeness (QED) is 0.824. The molecular formula is C13H19ClN2. The van der Waals surface area contributed by atoms with Crippen LogP contribution in [0.25, 0.3) is 0 Å². The fourth-order valence-corrected chi connectivity index (χ4v) is 2.45. The summed E-state index contributed by atoms with van der Waals surface area (Å²) in [4.78, 5) is 0. The molecule has 0 amide bonds. The van der Waals surface area contributed by atoms with Gasteiger partial charge in [-0.15, -0.1) is 0 Å². The number of hydrogen-bond acceptors (Lipinski definition) is 2. The molecular weight excluding hydrogens is 220 g/mol. The van der Waals surface area contributed by atoms with E-state index in [4.69, 9.17) is 11.6 Å². The van der Waals surface area contributed by atoms with E-state index in [1.165, 1.54) is 19.3 Å². The first-order valence-corrected chi connectivity index (χ1v) is 6.26. The molecule has 0 saturated heterocycles. The molecule has 1 aliphatic carbocycles. The molecule has 2 nitrogen and oxygen atoms in total. The van der Waals surface area contributed by atoms with E-state index in [-0.39, 0.29) is 0 Å². The van der Waals surface area contributed by atoms with Gasteiger partial charge in [-0.05, 0) is 44.2 Å². The molecule has 2 rings (SSSR count). The molecule has 3 heteroatoms. The standard InChI is InChI=1S/C13H19ClN2/c1-15-9-13(7-2-8-13)10-16-12-5-3-11(14)4-6-12/h3-6,15-16H,2,7-10H2,1H3. The van der Waals surface area contributed by atoms with E-state index in [1.807, 2.05) is 31.3 Å². The van der Waals surface area contributed by atoms with Crippen molar-refractivity contribution in [2.24, 2.45) is 5.41 Å². The second kappa shape index (κ2) is 5.07. The summed E-state index contributed by atoms with van der Waals surface area (Å²) in [6, 6.07) is 7.92. The van der Waals surface area contributed by atoms with Crippen LogP contribution in [-0.2, 0) is 0 Å². The summed E-state index contributed by atoms with van der Waals surface area (Å²) in [5.41, 5.74) is 1.63. The van der Waals surface area contributed by atoms with Crippen LogP contribution >= 0.6 is 11.6 Å². The van der Waals surface area contributed by atoms with Crippen molar-refractivity contribution in [3.05, 3.63) is 29.3 Å². The van der Waals surface area contributed by atoms with Crippen molar-refractivity contribution in [3.63, 3.8) is 0 Å². The second-order valence-corrected chi connectivity index (χ2v) is 5.18. The van der Waals surface area contributed by atoms with E-state index < -0.39 is 0 Å². The minimum atomic E-state index is 0.467. The molecule has 16 heavy (non-hydrogen) atoms. The lowest BCUT2D eigenvalue weighted by Crippen LogP contribution is -2.44. The van der Waals surface area contributed by atoms with Crippen molar-refractivity contribution in [1.29, 1.82) is 0 Å². The zero-order chi connectivity index (χ0) is 11.4. The second-order valence-electron chi connectivity index (χ2n) is 4.74. The maximum Gasteiger partial charge on any atom is 0.0407 e. The van der Waals surface area contributed by atoms with Crippen molar-refractivity contribution in [2.45, 2.75) is 19.3 Å². The van der Waals surface area contributed by atoms with E-state index in [1.54, 1.807) is 0 Å². The Balaban J connectivity index is 1.88. The van der Waals surface area contributed by atoms with Gasteiger partial charge in [0.1, 0.15) is 0 Å². The Hall–Kier alpha value is -0.730. The molecule has 0 atom stereocenters. The lowest BCUT2D eigenvalue weighted by Gasteiger charge is -2.42. The summed E-state index contributed by atoms with van der Waals surface area (Å²) in [6.45, 7) is 2.16. The molecule has 0 radical (unpaired) electrons. The summed E-state index contributed by atoms with van der Waals surface area (Å²) >= 11 is 5.85. The number of hydrogen-bond donors (Lipinski definition) is 2. The van der Waals surface area contributed by atoms with Crippen molar-refractivity contribution >= 4 is 17.3 Å². The number of anilines is 1. The summed E-state index contributed by atoms with van der Waals surface area (Å²) in [6.07, 6.45) is 4.02. The summed E-state index contributed by atoms with van der Waals surface area (Å²) in [5.74, 6) is 0. The predicted molar refractivity (Wildman–Crippen MR) is 70.2 cm³/mol. The average molecular weight is 239 g/mol. The van der Waals surface area contributed by atoms with E-state index >= 15 is 0 Å². The largest absolute Gasteiger partial charge is 0.384 e. The maximum absolute atomic E-state index is 5.85. The van der Waals surface area contributed by atoms with Crippen molar-refractivity contribution in [3.8, 4) is 0 Å². The minimum absolute atomic E-state index is 0.467. The van der Waals surface area contributed by atoms with Crippen molar-refractivity contribution in [2.75, 3.05) is 25.5 Å². The molecule has 0 heterocycles. The van der Waals surface area contributed by atoms with Gasteiger partial charge < -0.3 is 10.6 Å². The predicted octanol–water partition coefficient (Wildman–Crippen LogP) is 3.14. The third-order valence-corrected chi connectivity index (χ3v) is 3.73. The number of benzene rings is 1. The SMILES string of the molecule is CNCC1(CNc2ccc(Cl)cc2)CCC1. The van der Waals surface area contributed by atoms with Crippen LogP contribution in [0.15, 0.2) is 24.3 Å². The summed E-state index contributed by atoms with van der Waals surface area (Å²) in [5, 5.41) is 7.59. The van der Waals surface area contributed by atoms with Gasteiger partial charge in [0, 0.05) is 29.2 Å². The van der Waals surface area contributed by atoms with Gasteiger partial charge in [-0.1, -0.05) is 18.0 Å². The van der Waals surface area contributed by atoms with Gasteiger partial charge in [0.25, 0.3) is 0 Å². The highest BCUT2D eigenvalue weighted by Gasteiger charge is 2.35. The van der Waals surface area contributed by atoms with Crippen molar-refractivity contribution < 1.29 is 0 Å². The van der Waals surface area contributed by atoms with Gasteiger partial charge in [0.05, 0.1) is 0 Å². The summed E-state index contributed by atoms with van der Waals surface area (Å²) in [7, 11) is 2.03. The van der Waals surface area contributed by atoms with Crippen molar-refractivity contribution in [1.82, 2.24) is 5.32 Å². The van der Waals surface area contributed by atoms with Crippen LogP contribution in [0.5, 0.6) is 0 Å². The first-order chi connectivity index (χ1) is 7.74. The van der Waals surface area contributed by atoms with Gasteiger partial charge in [-0.2, -0.15) is 0 Å². The van der Waals surface area contributed by atoms with E-state index in [0.29, 0.717) is 5.41 Å². The van der Waals surface area contributed by atoms with Crippen LogP contribution in [0.3, 0.4) is 0 Å². The smallest absolute Gasteiger partial charge is 0.0407 e. The van der Waals surface area contributed by atoms with Gasteiger partial charge in [0.15, 0.2) is 0 Å². The van der Waals surface area contributed by atoms with Crippen LogP contribution in [0.4, 0.5) is 5.69 Å². The highest BCUT2D eigenvalue weighted by atomic mass is 35.5. The third kappa shape index (κ3) is 2.69. The van der Waals surface area contributed by atoms with Crippen LogP contribution in [0.1, 0.15) is 19.3 Å². The molecule has 0 spiro atoms. The molecule has 0 bridgehead atoms. The highest BCUT2D eigenvalue weighted by molar-refractivity contribution is 6.30. The molecule has 88 valence electrons. The Morgan fingerprint density at radius 1 is 1.19 bits per heavy atom. The van der Waals surface area contributed by atoms with Crippen LogP contribution in [0, 0.1) is 5.41 Å². The van der Waals surface area contributed by atoms with Crippen LogP contribution in [-0.4, -0.2) is 20.1 Å². The molecule has 1 aromatic carbocycles. The molecule has 0 aromatic heterocycles. The molecule has 0 unspecified atom stereocenters. The van der Waals surface area contributed by atoms with Gasteiger partial charge in [-0.25, -0.2) is 0 Å². The van der Waals surface area contributed by atoms with E-state index in [9.17, 15) is 0 Å². The number of halogens is 1. The normalized spacial score (nSPS) is 17.9. The monoisotopic (exact) mass is 238 g/mol. The van der Waals surface area contributed by atoms with Gasteiger partial charge in [-0.3, -0.25) is 0 Å². The average Bonchev–Trinajstić information content (AvgIpc) is 2.24. The van der Waals surface area contributed by atoms with Gasteiger partial charge in [0.2, 0.25) is 0 Å². The van der Waals surface area contributed by atoms with E-state index in [2.05, 4.69) is 10.6 Å². The molecule has 2 N–H and O–H groups in total. The summed E-state index contributed by atoms with van der Waals surface area (Å²) < 4.78 is 0. The molecule has 1 saturated carbocycles. The fourth-order valence-electron chi connectivity index (χ4n) is 2.33. The minimum Gasteiger partial charge on any atom is -0.384 e. The van der Waals surface area contributed by atoms with Crippen LogP contribution < -0.4 is 10.6 Å². The first kappa shape index (κ1) is 11.7. The molecule has 1 aliphatic rings. The Morgan fingerprint density at radius 2 is 1.88 bits per heavy atom. The van der Waals surface area contributed by atoms with E-state index in [0.717, 1.165) is 23.8 Å². The molecule has 1 aromatic rings. The number of rotatable bonds is 5. The Kier molecular flexibility index (Phi) is 3.72. The molecule has 1 fully saturated rings. The first-order valence-electron chi connectivity index (χ1n) is 5.88. The Bertz CT molecular complexity index is 330.